The summed E-state index contributed by atoms with van der Waals surface area (Å²) in [6.07, 6.45) is 6.15. The quantitative estimate of drug-likeness (QED) is 0.510. The van der Waals surface area contributed by atoms with Gasteiger partial charge in [0.15, 0.2) is 0 Å². The van der Waals surface area contributed by atoms with Crippen LogP contribution in [0.25, 0.3) is 0 Å². The van der Waals surface area contributed by atoms with Crippen LogP contribution in [-0.2, 0) is 33.7 Å². The fourth-order valence-electron chi connectivity index (χ4n) is 3.60. The minimum atomic E-state index is -0.342. The summed E-state index contributed by atoms with van der Waals surface area (Å²) < 4.78 is 0. The van der Waals surface area contributed by atoms with Gasteiger partial charge in [0, 0.05) is 0 Å². The van der Waals surface area contributed by atoms with Gasteiger partial charge in [-0.2, -0.15) is 5.48 Å². The van der Waals surface area contributed by atoms with E-state index in [2.05, 4.69) is 47.2 Å². The molecule has 162 valence electrons. The number of benzene rings is 2. The smallest absolute Gasteiger partial charge is 0.335 e. The highest BCUT2D eigenvalue weighted by molar-refractivity contribution is 5.80. The molecule has 1 fully saturated rings. The predicted molar refractivity (Wildman–Crippen MR) is 120 cm³/mol. The topological polar surface area (TPSA) is 67.4 Å². The number of rotatable bonds is 8. The highest BCUT2D eigenvalue weighted by atomic mass is 16.7. The lowest BCUT2D eigenvalue weighted by Crippen LogP contribution is -2.36. The van der Waals surface area contributed by atoms with Gasteiger partial charge in [-0.3, -0.25) is 4.79 Å². The monoisotopic (exact) mass is 410 g/mol. The number of aryl methyl sites for hydroxylation is 2. The van der Waals surface area contributed by atoms with Crippen molar-refractivity contribution in [3.05, 3.63) is 71.3 Å². The van der Waals surface area contributed by atoms with Crippen molar-refractivity contribution < 1.29 is 14.4 Å². The molecule has 1 amide bonds. The normalized spacial score (nSPS) is 13.9. The number of hydrogen-bond acceptors (Lipinski definition) is 4. The molecule has 0 aromatic heterocycles. The summed E-state index contributed by atoms with van der Waals surface area (Å²) in [6, 6.07) is 18.6. The van der Waals surface area contributed by atoms with Gasteiger partial charge >= 0.3 is 5.97 Å². The first-order chi connectivity index (χ1) is 14.2. The molecule has 3 rings (SSSR count). The van der Waals surface area contributed by atoms with E-state index in [1.165, 1.54) is 11.1 Å². The van der Waals surface area contributed by atoms with Crippen molar-refractivity contribution in [2.75, 3.05) is 13.1 Å². The minimum Gasteiger partial charge on any atom is -0.340 e. The Morgan fingerprint density at radius 2 is 1.43 bits per heavy atom. The van der Waals surface area contributed by atoms with E-state index in [1.807, 2.05) is 18.2 Å². The molecule has 5 nitrogen and oxygen atoms in total. The number of carbonyl (C=O) groups excluding carboxylic acids is 2. The molecule has 5 heteroatoms. The van der Waals surface area contributed by atoms with Crippen molar-refractivity contribution in [2.45, 2.75) is 52.4 Å². The number of amides is 1. The van der Waals surface area contributed by atoms with Gasteiger partial charge in [-0.25, -0.2) is 4.79 Å². The van der Waals surface area contributed by atoms with Crippen LogP contribution in [0, 0.1) is 5.92 Å². The van der Waals surface area contributed by atoms with Crippen molar-refractivity contribution in [3.63, 3.8) is 0 Å². The third-order valence-corrected chi connectivity index (χ3v) is 5.35. The van der Waals surface area contributed by atoms with Crippen LogP contribution in [0.3, 0.4) is 0 Å². The highest BCUT2D eigenvalue weighted by Crippen LogP contribution is 2.13. The largest absolute Gasteiger partial charge is 0.340 e. The van der Waals surface area contributed by atoms with E-state index in [4.69, 9.17) is 4.84 Å². The number of hydroxylamine groups is 1. The lowest BCUT2D eigenvalue weighted by molar-refractivity contribution is -0.162. The molecule has 2 N–H and O–H groups in total. The second-order valence-corrected chi connectivity index (χ2v) is 7.66. The van der Waals surface area contributed by atoms with Gasteiger partial charge in [0.05, 0.1) is 12.3 Å². The summed E-state index contributed by atoms with van der Waals surface area (Å²) in [4.78, 5) is 29.0. The van der Waals surface area contributed by atoms with Crippen LogP contribution in [0.4, 0.5) is 0 Å². The Hall–Kier alpha value is -2.66. The van der Waals surface area contributed by atoms with E-state index in [0.717, 1.165) is 57.2 Å². The van der Waals surface area contributed by atoms with Crippen molar-refractivity contribution in [1.29, 1.82) is 0 Å². The third-order valence-electron chi connectivity index (χ3n) is 5.35. The summed E-state index contributed by atoms with van der Waals surface area (Å²) in [5.74, 6) is -0.772. The van der Waals surface area contributed by atoms with E-state index >= 15 is 0 Å². The molecule has 0 radical (unpaired) electrons. The molecule has 1 aliphatic heterocycles. The van der Waals surface area contributed by atoms with Crippen LogP contribution in [0.1, 0.15) is 49.8 Å². The minimum absolute atomic E-state index is 0. The van der Waals surface area contributed by atoms with Gasteiger partial charge in [0.1, 0.15) is 0 Å². The Labute approximate surface area is 180 Å². The molecular formula is C25H34N2O3. The molecule has 1 heterocycles. The number of carbonyl (C=O) groups is 2. The molecule has 0 unspecified atom stereocenters. The average molecular weight is 411 g/mol. The molecule has 0 aliphatic carbocycles. The van der Waals surface area contributed by atoms with Gasteiger partial charge in [-0.1, -0.05) is 62.0 Å². The van der Waals surface area contributed by atoms with Crippen LogP contribution < -0.4 is 10.8 Å². The van der Waals surface area contributed by atoms with E-state index < -0.39 is 0 Å². The number of hydrogen-bond donors (Lipinski definition) is 2. The van der Waals surface area contributed by atoms with Crippen LogP contribution in [0.15, 0.2) is 54.6 Å². The summed E-state index contributed by atoms with van der Waals surface area (Å²) in [7, 11) is 0. The first-order valence-corrected chi connectivity index (χ1v) is 10.5. The van der Waals surface area contributed by atoms with Crippen LogP contribution >= 0.6 is 0 Å². The second-order valence-electron chi connectivity index (χ2n) is 7.66. The summed E-state index contributed by atoms with van der Waals surface area (Å²) in [5.41, 5.74) is 5.86. The fraction of sp³-hybridized carbons (Fsp3) is 0.440. The predicted octanol–water partition coefficient (Wildman–Crippen LogP) is 4.00. The highest BCUT2D eigenvalue weighted by Gasteiger charge is 2.23. The van der Waals surface area contributed by atoms with Crippen LogP contribution in [0.2, 0.25) is 0 Å². The van der Waals surface area contributed by atoms with E-state index in [9.17, 15) is 9.59 Å². The van der Waals surface area contributed by atoms with Gasteiger partial charge in [-0.05, 0) is 68.3 Å². The van der Waals surface area contributed by atoms with Crippen LogP contribution in [0.5, 0.6) is 0 Å². The molecule has 1 aliphatic rings. The second kappa shape index (κ2) is 12.8. The van der Waals surface area contributed by atoms with Gasteiger partial charge in [0.25, 0.3) is 5.91 Å². The van der Waals surface area contributed by atoms with E-state index in [0.29, 0.717) is 0 Å². The molecule has 1 saturated heterocycles. The van der Waals surface area contributed by atoms with Crippen LogP contribution in [-0.4, -0.2) is 25.0 Å². The van der Waals surface area contributed by atoms with Crippen molar-refractivity contribution >= 4 is 11.9 Å². The fourth-order valence-corrected chi connectivity index (χ4v) is 3.60. The Bertz CT molecular complexity index is 769. The zero-order valence-electron chi connectivity index (χ0n) is 16.9. The molecule has 2 aromatic rings. The van der Waals surface area contributed by atoms with Gasteiger partial charge < -0.3 is 10.2 Å². The first kappa shape index (κ1) is 23.6. The SMILES string of the molecule is C.O=C(Cc1ccc(CCCCc2ccccc2)cc1)NOC(=O)C1CCNCC1. The Morgan fingerprint density at radius 3 is 2.07 bits per heavy atom. The maximum atomic E-state index is 12.0. The van der Waals surface area contributed by atoms with Gasteiger partial charge in [0.2, 0.25) is 0 Å². The molecule has 2 aromatic carbocycles. The van der Waals surface area contributed by atoms with E-state index in [-0.39, 0.29) is 31.6 Å². The molecule has 0 saturated carbocycles. The molecule has 30 heavy (non-hydrogen) atoms. The van der Waals surface area contributed by atoms with E-state index in [1.54, 1.807) is 0 Å². The molecule has 0 atom stereocenters. The lowest BCUT2D eigenvalue weighted by Gasteiger charge is -2.20. The zero-order valence-corrected chi connectivity index (χ0v) is 16.9. The summed E-state index contributed by atoms with van der Waals surface area (Å²) >= 11 is 0. The lowest BCUT2D eigenvalue weighted by atomic mass is 9.99. The number of nitrogens with one attached hydrogen (secondary N) is 2. The number of unbranched alkanes of at least 4 members (excludes halogenated alkanes) is 1. The molecular weight excluding hydrogens is 376 g/mol. The third kappa shape index (κ3) is 7.99. The Morgan fingerprint density at radius 1 is 0.867 bits per heavy atom. The summed E-state index contributed by atoms with van der Waals surface area (Å²) in [6.45, 7) is 1.62. The molecule has 0 bridgehead atoms. The number of piperidine rings is 1. The Kier molecular flexibility index (Phi) is 10.1. The molecule has 0 spiro atoms. The summed E-state index contributed by atoms with van der Waals surface area (Å²) in [5, 5.41) is 3.20. The average Bonchev–Trinajstić information content (AvgIpc) is 2.77. The van der Waals surface area contributed by atoms with Crippen molar-refractivity contribution in [1.82, 2.24) is 10.8 Å². The van der Waals surface area contributed by atoms with Crippen molar-refractivity contribution in [3.8, 4) is 0 Å². The van der Waals surface area contributed by atoms with Gasteiger partial charge in [-0.15, -0.1) is 0 Å². The first-order valence-electron chi connectivity index (χ1n) is 10.5. The van der Waals surface area contributed by atoms with Crippen molar-refractivity contribution in [2.24, 2.45) is 5.92 Å². The Balaban J connectivity index is 0.00000320. The maximum Gasteiger partial charge on any atom is 0.335 e. The zero-order chi connectivity index (χ0) is 20.3. The standard InChI is InChI=1S/C24H30N2O3.CH4/c27-23(26-29-24(28)22-14-16-25-17-15-22)18-21-12-10-20(11-13-21)9-5-4-8-19-6-2-1-3-7-19;/h1-3,6-7,10-13,22,25H,4-5,8-9,14-18H2,(H,26,27);1H4. The maximum absolute atomic E-state index is 12.0.